The number of ether oxygens (including phenoxy) is 3. The van der Waals surface area contributed by atoms with Gasteiger partial charge in [-0.3, -0.25) is 4.90 Å². The molecule has 2 aromatic rings. The van der Waals surface area contributed by atoms with Gasteiger partial charge in [0.15, 0.2) is 17.3 Å². The van der Waals surface area contributed by atoms with Crippen molar-refractivity contribution in [2.45, 2.75) is 26.3 Å². The van der Waals surface area contributed by atoms with Crippen molar-refractivity contribution < 1.29 is 18.7 Å². The molecule has 1 aliphatic rings. The summed E-state index contributed by atoms with van der Waals surface area (Å²) in [6.07, 6.45) is 1.78. The number of hydrogen-bond donors (Lipinski definition) is 0. The summed E-state index contributed by atoms with van der Waals surface area (Å²) < 4.78 is 21.6. The van der Waals surface area contributed by atoms with E-state index >= 15 is 0 Å². The lowest BCUT2D eigenvalue weighted by Crippen LogP contribution is -2.26. The molecule has 0 radical (unpaired) electrons. The van der Waals surface area contributed by atoms with Gasteiger partial charge in [-0.25, -0.2) is 0 Å². The second-order valence-corrected chi connectivity index (χ2v) is 5.79. The molecule has 0 atom stereocenters. The van der Waals surface area contributed by atoms with Gasteiger partial charge in [-0.05, 0) is 24.5 Å². The third kappa shape index (κ3) is 3.17. The second kappa shape index (κ2) is 7.09. The van der Waals surface area contributed by atoms with E-state index in [0.29, 0.717) is 23.9 Å². The average Bonchev–Trinajstić information content (AvgIpc) is 2.89. The summed E-state index contributed by atoms with van der Waals surface area (Å²) in [7, 11) is 4.95. The Morgan fingerprint density at radius 1 is 1.08 bits per heavy atom. The summed E-state index contributed by atoms with van der Waals surface area (Å²) in [5.74, 6) is 3.44. The Hall–Kier alpha value is -2.28. The fourth-order valence-electron chi connectivity index (χ4n) is 3.19. The van der Waals surface area contributed by atoms with Crippen molar-refractivity contribution in [1.82, 2.24) is 15.0 Å². The minimum atomic E-state index is 0.597. The van der Waals surface area contributed by atoms with Crippen molar-refractivity contribution in [3.05, 3.63) is 28.9 Å². The van der Waals surface area contributed by atoms with E-state index in [1.807, 2.05) is 0 Å². The summed E-state index contributed by atoms with van der Waals surface area (Å²) in [5, 5.41) is 3.99. The summed E-state index contributed by atoms with van der Waals surface area (Å²) in [5.41, 5.74) is 2.42. The molecule has 2 heterocycles. The van der Waals surface area contributed by atoms with E-state index in [9.17, 15) is 0 Å². The fourth-order valence-corrected chi connectivity index (χ4v) is 3.19. The van der Waals surface area contributed by atoms with Crippen LogP contribution in [0.25, 0.3) is 0 Å². The first-order valence-electron chi connectivity index (χ1n) is 7.98. The molecule has 7 nitrogen and oxygen atoms in total. The summed E-state index contributed by atoms with van der Waals surface area (Å²) in [6.45, 7) is 4.30. The highest BCUT2D eigenvalue weighted by Gasteiger charge is 2.24. The Kier molecular flexibility index (Phi) is 4.89. The minimum Gasteiger partial charge on any atom is -0.493 e. The van der Waals surface area contributed by atoms with Gasteiger partial charge in [-0.15, -0.1) is 0 Å². The number of hydrogen-bond acceptors (Lipinski definition) is 7. The van der Waals surface area contributed by atoms with E-state index in [4.69, 9.17) is 18.7 Å². The van der Waals surface area contributed by atoms with Gasteiger partial charge in [-0.2, -0.15) is 4.98 Å². The van der Waals surface area contributed by atoms with E-state index in [2.05, 4.69) is 21.1 Å². The van der Waals surface area contributed by atoms with Gasteiger partial charge in [0.1, 0.15) is 0 Å². The molecule has 0 fully saturated rings. The average molecular weight is 333 g/mol. The molecule has 0 saturated heterocycles. The SMILES string of the molecule is COc1cc2c(c(OC)c1OC)CCN(Cc1noc(C)n1)CC2. The molecule has 1 aromatic heterocycles. The highest BCUT2D eigenvalue weighted by atomic mass is 16.5. The van der Waals surface area contributed by atoms with Crippen LogP contribution in [0.5, 0.6) is 17.2 Å². The monoisotopic (exact) mass is 333 g/mol. The molecule has 7 heteroatoms. The highest BCUT2D eigenvalue weighted by molar-refractivity contribution is 5.59. The Bertz CT molecular complexity index is 714. The van der Waals surface area contributed by atoms with Crippen LogP contribution < -0.4 is 14.2 Å². The van der Waals surface area contributed by atoms with E-state index in [-0.39, 0.29) is 0 Å². The molecule has 0 N–H and O–H groups in total. The maximum absolute atomic E-state index is 5.63. The standard InChI is InChI=1S/C17H23N3O4/c1-11-18-15(19-24-11)10-20-7-5-12-9-14(21-2)17(23-4)16(22-3)13(12)6-8-20/h9H,5-8,10H2,1-4H3. The van der Waals surface area contributed by atoms with E-state index in [0.717, 1.165) is 37.5 Å². The zero-order valence-corrected chi connectivity index (χ0v) is 14.6. The van der Waals surface area contributed by atoms with Crippen molar-refractivity contribution in [3.63, 3.8) is 0 Å². The lowest BCUT2D eigenvalue weighted by molar-refractivity contribution is 0.265. The van der Waals surface area contributed by atoms with Crippen LogP contribution in [0, 0.1) is 6.92 Å². The molecule has 1 aliphatic heterocycles. The van der Waals surface area contributed by atoms with E-state index in [1.54, 1.807) is 28.3 Å². The first-order chi connectivity index (χ1) is 11.7. The third-order valence-corrected chi connectivity index (χ3v) is 4.34. The number of aromatic nitrogens is 2. The molecule has 24 heavy (non-hydrogen) atoms. The molecular formula is C17H23N3O4. The summed E-state index contributed by atoms with van der Waals surface area (Å²) >= 11 is 0. The van der Waals surface area contributed by atoms with Gasteiger partial charge >= 0.3 is 0 Å². The van der Waals surface area contributed by atoms with Crippen LogP contribution in [-0.2, 0) is 19.4 Å². The van der Waals surface area contributed by atoms with Gasteiger partial charge < -0.3 is 18.7 Å². The predicted octanol–water partition coefficient (Wildman–Crippen LogP) is 2.00. The Morgan fingerprint density at radius 2 is 1.83 bits per heavy atom. The second-order valence-electron chi connectivity index (χ2n) is 5.79. The molecule has 0 aliphatic carbocycles. The van der Waals surface area contributed by atoms with Crippen molar-refractivity contribution in [2.75, 3.05) is 34.4 Å². The topological polar surface area (TPSA) is 69.8 Å². The zero-order valence-electron chi connectivity index (χ0n) is 14.6. The van der Waals surface area contributed by atoms with Gasteiger partial charge in [0, 0.05) is 25.6 Å². The minimum absolute atomic E-state index is 0.597. The van der Waals surface area contributed by atoms with Crippen molar-refractivity contribution in [3.8, 4) is 17.2 Å². The van der Waals surface area contributed by atoms with Gasteiger partial charge in [0.05, 0.1) is 27.9 Å². The maximum atomic E-state index is 5.63. The van der Waals surface area contributed by atoms with Crippen LogP contribution in [0.2, 0.25) is 0 Å². The molecule has 1 aromatic carbocycles. The summed E-state index contributed by atoms with van der Waals surface area (Å²) in [4.78, 5) is 6.61. The van der Waals surface area contributed by atoms with Gasteiger partial charge in [0.2, 0.25) is 11.6 Å². The third-order valence-electron chi connectivity index (χ3n) is 4.34. The predicted molar refractivity (Wildman–Crippen MR) is 87.8 cm³/mol. The lowest BCUT2D eigenvalue weighted by Gasteiger charge is -2.18. The van der Waals surface area contributed by atoms with Crippen molar-refractivity contribution in [1.29, 1.82) is 0 Å². The lowest BCUT2D eigenvalue weighted by atomic mass is 10.0. The Morgan fingerprint density at radius 3 is 2.46 bits per heavy atom. The van der Waals surface area contributed by atoms with E-state index < -0.39 is 0 Å². The molecule has 0 amide bonds. The molecule has 0 bridgehead atoms. The number of rotatable bonds is 5. The first kappa shape index (κ1) is 16.6. The number of methoxy groups -OCH3 is 3. The van der Waals surface area contributed by atoms with E-state index in [1.165, 1.54) is 11.1 Å². The van der Waals surface area contributed by atoms with Crippen LogP contribution in [0.1, 0.15) is 22.8 Å². The summed E-state index contributed by atoms with van der Waals surface area (Å²) in [6, 6.07) is 2.05. The smallest absolute Gasteiger partial charge is 0.223 e. The normalized spacial score (nSPS) is 14.8. The molecule has 130 valence electrons. The first-order valence-corrected chi connectivity index (χ1v) is 7.98. The zero-order chi connectivity index (χ0) is 17.1. The van der Waals surface area contributed by atoms with Crippen LogP contribution >= 0.6 is 0 Å². The molecule has 0 spiro atoms. The molecular weight excluding hydrogens is 310 g/mol. The fraction of sp³-hybridized carbons (Fsp3) is 0.529. The van der Waals surface area contributed by atoms with Crippen molar-refractivity contribution >= 4 is 0 Å². The quantitative estimate of drug-likeness (QED) is 0.829. The highest BCUT2D eigenvalue weighted by Crippen LogP contribution is 2.43. The number of benzene rings is 1. The van der Waals surface area contributed by atoms with Gasteiger partial charge in [-0.1, -0.05) is 5.16 Å². The largest absolute Gasteiger partial charge is 0.493 e. The molecule has 3 rings (SSSR count). The van der Waals surface area contributed by atoms with Crippen LogP contribution in [0.3, 0.4) is 0 Å². The molecule has 0 saturated carbocycles. The van der Waals surface area contributed by atoms with Crippen LogP contribution in [-0.4, -0.2) is 49.5 Å². The Labute approximate surface area is 141 Å². The number of fused-ring (bicyclic) bond motifs is 1. The van der Waals surface area contributed by atoms with Crippen LogP contribution in [0.4, 0.5) is 0 Å². The van der Waals surface area contributed by atoms with Crippen molar-refractivity contribution in [2.24, 2.45) is 0 Å². The molecule has 0 unspecified atom stereocenters. The maximum Gasteiger partial charge on any atom is 0.223 e. The van der Waals surface area contributed by atoms with Gasteiger partial charge in [0.25, 0.3) is 0 Å². The number of nitrogens with zero attached hydrogens (tertiary/aromatic N) is 3. The Balaban J connectivity index is 1.84. The number of aryl methyl sites for hydroxylation is 1. The van der Waals surface area contributed by atoms with Crippen LogP contribution in [0.15, 0.2) is 10.6 Å².